The van der Waals surface area contributed by atoms with Crippen molar-refractivity contribution in [3.63, 3.8) is 0 Å². The molecule has 0 unspecified atom stereocenters. The zero-order valence-electron chi connectivity index (χ0n) is 20.3. The van der Waals surface area contributed by atoms with Crippen molar-refractivity contribution in [1.29, 1.82) is 0 Å². The molecule has 3 rings (SSSR count). The Morgan fingerprint density at radius 2 is 1.92 bits per heavy atom. The number of carbonyl (C=O) groups excluding carboxylic acids is 2. The average molecular weight is 513 g/mol. The maximum atomic E-state index is 12.9. The fourth-order valence-corrected chi connectivity index (χ4v) is 3.61. The van der Waals surface area contributed by atoms with Crippen LogP contribution in [0.4, 0.5) is 5.82 Å². The van der Waals surface area contributed by atoms with Crippen molar-refractivity contribution >= 4 is 29.3 Å². The van der Waals surface area contributed by atoms with Gasteiger partial charge < -0.3 is 20.1 Å². The van der Waals surface area contributed by atoms with E-state index < -0.39 is 5.97 Å². The molecule has 0 bridgehead atoms. The van der Waals surface area contributed by atoms with Gasteiger partial charge in [-0.05, 0) is 44.0 Å². The van der Waals surface area contributed by atoms with Gasteiger partial charge >= 0.3 is 5.97 Å². The van der Waals surface area contributed by atoms with Crippen LogP contribution in [-0.4, -0.2) is 41.2 Å². The smallest absolute Gasteiger partial charge is 0.344 e. The molecular formula is C26H29ClN4O5. The standard InChI is InChI=1S/C26H29ClN4O5/c1-3-35-24(33)17-36-22-10-9-21(27)13-20(22)15-29-23(32)16-31-18(2)14-30-25(26(31)34)28-12-11-19-7-5-4-6-8-19/h4-10,13-14H,3,11-12,15-17H2,1-2H3,(H,28,30)(H,29,32). The Kier molecular flexibility index (Phi) is 9.88. The van der Waals surface area contributed by atoms with Gasteiger partial charge in [-0.2, -0.15) is 0 Å². The number of benzene rings is 2. The largest absolute Gasteiger partial charge is 0.482 e. The van der Waals surface area contributed by atoms with Gasteiger partial charge in [-0.1, -0.05) is 41.9 Å². The van der Waals surface area contributed by atoms with Crippen LogP contribution in [0.1, 0.15) is 23.7 Å². The van der Waals surface area contributed by atoms with Crippen molar-refractivity contribution in [3.05, 3.63) is 86.9 Å². The van der Waals surface area contributed by atoms with E-state index in [1.54, 1.807) is 38.2 Å². The number of esters is 1. The van der Waals surface area contributed by atoms with Crippen LogP contribution in [0.15, 0.2) is 59.5 Å². The molecule has 0 spiro atoms. The normalized spacial score (nSPS) is 10.5. The van der Waals surface area contributed by atoms with Gasteiger partial charge in [0.15, 0.2) is 12.4 Å². The van der Waals surface area contributed by atoms with Crippen molar-refractivity contribution in [1.82, 2.24) is 14.9 Å². The lowest BCUT2D eigenvalue weighted by molar-refractivity contribution is -0.145. The number of nitrogens with zero attached hydrogens (tertiary/aromatic N) is 2. The molecule has 0 saturated carbocycles. The van der Waals surface area contributed by atoms with Crippen LogP contribution in [-0.2, 0) is 33.8 Å². The second kappa shape index (κ2) is 13.3. The molecule has 0 aliphatic carbocycles. The number of aryl methyl sites for hydroxylation is 1. The van der Waals surface area contributed by atoms with Gasteiger partial charge in [0.2, 0.25) is 5.91 Å². The molecule has 0 aliphatic rings. The molecule has 0 aliphatic heterocycles. The minimum absolute atomic E-state index is 0.0958. The van der Waals surface area contributed by atoms with Crippen LogP contribution in [0.3, 0.4) is 0 Å². The monoisotopic (exact) mass is 512 g/mol. The molecule has 1 heterocycles. The van der Waals surface area contributed by atoms with Crippen LogP contribution in [0, 0.1) is 6.92 Å². The van der Waals surface area contributed by atoms with E-state index in [4.69, 9.17) is 21.1 Å². The fraction of sp³-hybridized carbons (Fsp3) is 0.308. The number of halogens is 1. The van der Waals surface area contributed by atoms with E-state index in [1.807, 2.05) is 30.3 Å². The summed E-state index contributed by atoms with van der Waals surface area (Å²) >= 11 is 6.09. The summed E-state index contributed by atoms with van der Waals surface area (Å²) < 4.78 is 11.8. The van der Waals surface area contributed by atoms with Gasteiger partial charge in [-0.25, -0.2) is 9.78 Å². The predicted molar refractivity (Wildman–Crippen MR) is 137 cm³/mol. The molecular weight excluding hydrogens is 484 g/mol. The van der Waals surface area contributed by atoms with Crippen LogP contribution in [0.25, 0.3) is 0 Å². The molecule has 2 aromatic carbocycles. The van der Waals surface area contributed by atoms with E-state index in [0.29, 0.717) is 28.6 Å². The first-order valence-electron chi connectivity index (χ1n) is 11.5. The molecule has 0 fully saturated rings. The third-order valence-corrected chi connectivity index (χ3v) is 5.49. The molecule has 9 nitrogen and oxygen atoms in total. The summed E-state index contributed by atoms with van der Waals surface area (Å²) in [6.45, 7) is 3.87. The van der Waals surface area contributed by atoms with Crippen LogP contribution >= 0.6 is 11.6 Å². The Morgan fingerprint density at radius 1 is 1.14 bits per heavy atom. The zero-order valence-corrected chi connectivity index (χ0v) is 21.0. The number of ether oxygens (including phenoxy) is 2. The van der Waals surface area contributed by atoms with Crippen molar-refractivity contribution < 1.29 is 19.1 Å². The Labute approximate surface area is 214 Å². The minimum atomic E-state index is -0.497. The molecule has 0 radical (unpaired) electrons. The number of rotatable bonds is 12. The van der Waals surface area contributed by atoms with Crippen molar-refractivity contribution in [2.75, 3.05) is 25.1 Å². The number of carbonyl (C=O) groups is 2. The highest BCUT2D eigenvalue weighted by atomic mass is 35.5. The van der Waals surface area contributed by atoms with Gasteiger partial charge in [0.25, 0.3) is 5.56 Å². The van der Waals surface area contributed by atoms with Crippen molar-refractivity contribution in [3.8, 4) is 5.75 Å². The topological polar surface area (TPSA) is 112 Å². The molecule has 1 amide bonds. The third kappa shape index (κ3) is 7.84. The molecule has 2 N–H and O–H groups in total. The number of nitrogens with one attached hydrogen (secondary N) is 2. The lowest BCUT2D eigenvalue weighted by atomic mass is 10.1. The van der Waals surface area contributed by atoms with Gasteiger partial charge in [0.05, 0.1) is 6.61 Å². The summed E-state index contributed by atoms with van der Waals surface area (Å²) in [6, 6.07) is 14.8. The number of aromatic nitrogens is 2. The van der Waals surface area contributed by atoms with Crippen LogP contribution in [0.2, 0.25) is 5.02 Å². The lowest BCUT2D eigenvalue weighted by Crippen LogP contribution is -2.34. The third-order valence-electron chi connectivity index (χ3n) is 5.25. The van der Waals surface area contributed by atoms with E-state index >= 15 is 0 Å². The lowest BCUT2D eigenvalue weighted by Gasteiger charge is -2.14. The first-order valence-corrected chi connectivity index (χ1v) is 11.9. The molecule has 36 heavy (non-hydrogen) atoms. The van der Waals surface area contributed by atoms with E-state index in [-0.39, 0.29) is 43.6 Å². The van der Waals surface area contributed by atoms with Gasteiger partial charge in [-0.15, -0.1) is 0 Å². The van der Waals surface area contributed by atoms with Gasteiger partial charge in [-0.3, -0.25) is 14.2 Å². The highest BCUT2D eigenvalue weighted by Crippen LogP contribution is 2.23. The van der Waals surface area contributed by atoms with E-state index in [9.17, 15) is 14.4 Å². The Hall–Kier alpha value is -3.85. The fourth-order valence-electron chi connectivity index (χ4n) is 3.42. The summed E-state index contributed by atoms with van der Waals surface area (Å²) in [4.78, 5) is 41.4. The quantitative estimate of drug-likeness (QED) is 0.359. The molecule has 1 aromatic heterocycles. The first-order chi connectivity index (χ1) is 17.4. The second-order valence-electron chi connectivity index (χ2n) is 7.92. The minimum Gasteiger partial charge on any atom is -0.482 e. The summed E-state index contributed by atoms with van der Waals surface area (Å²) in [7, 11) is 0. The van der Waals surface area contributed by atoms with Gasteiger partial charge in [0.1, 0.15) is 12.3 Å². The Balaban J connectivity index is 1.61. The summed E-state index contributed by atoms with van der Waals surface area (Å²) in [5.41, 5.74) is 1.91. The molecule has 3 aromatic rings. The SMILES string of the molecule is CCOC(=O)COc1ccc(Cl)cc1CNC(=O)Cn1c(C)cnc(NCCc2ccccc2)c1=O. The second-order valence-corrected chi connectivity index (χ2v) is 8.36. The number of hydrogen-bond acceptors (Lipinski definition) is 7. The maximum Gasteiger partial charge on any atom is 0.344 e. The summed E-state index contributed by atoms with van der Waals surface area (Å²) in [5.74, 6) is -0.287. The van der Waals surface area contributed by atoms with Crippen LogP contribution in [0.5, 0.6) is 5.75 Å². The molecule has 0 atom stereocenters. The molecule has 190 valence electrons. The Bertz CT molecular complexity index is 1250. The number of anilines is 1. The Morgan fingerprint density at radius 3 is 2.67 bits per heavy atom. The average Bonchev–Trinajstić information content (AvgIpc) is 2.87. The zero-order chi connectivity index (χ0) is 25.9. The first kappa shape index (κ1) is 26.7. The highest BCUT2D eigenvalue weighted by molar-refractivity contribution is 6.30. The van der Waals surface area contributed by atoms with Crippen molar-refractivity contribution in [2.45, 2.75) is 33.4 Å². The van der Waals surface area contributed by atoms with E-state index in [0.717, 1.165) is 12.0 Å². The van der Waals surface area contributed by atoms with E-state index in [1.165, 1.54) is 4.57 Å². The highest BCUT2D eigenvalue weighted by Gasteiger charge is 2.13. The van der Waals surface area contributed by atoms with E-state index in [2.05, 4.69) is 15.6 Å². The van der Waals surface area contributed by atoms with Crippen molar-refractivity contribution in [2.24, 2.45) is 0 Å². The summed E-state index contributed by atoms with van der Waals surface area (Å²) in [6.07, 6.45) is 2.29. The van der Waals surface area contributed by atoms with Gasteiger partial charge in [0, 0.05) is 35.6 Å². The molecule has 0 saturated heterocycles. The molecule has 10 heteroatoms. The predicted octanol–water partition coefficient (Wildman–Crippen LogP) is 3.12. The number of amides is 1. The maximum absolute atomic E-state index is 12.9. The summed E-state index contributed by atoms with van der Waals surface area (Å²) in [5, 5.41) is 6.29. The van der Waals surface area contributed by atoms with Crippen LogP contribution < -0.4 is 20.9 Å². The number of hydrogen-bond donors (Lipinski definition) is 2.